The van der Waals surface area contributed by atoms with E-state index in [9.17, 15) is 13.2 Å². The maximum atomic E-state index is 13.4. The number of amides is 1. The number of halogens is 1. The van der Waals surface area contributed by atoms with Crippen molar-refractivity contribution >= 4 is 38.2 Å². The van der Waals surface area contributed by atoms with Crippen LogP contribution < -0.4 is 5.32 Å². The van der Waals surface area contributed by atoms with Gasteiger partial charge in [0.15, 0.2) is 0 Å². The number of sulfone groups is 1. The van der Waals surface area contributed by atoms with Crippen LogP contribution in [-0.4, -0.2) is 29.3 Å². The first-order valence-corrected chi connectivity index (χ1v) is 10.6. The van der Waals surface area contributed by atoms with Gasteiger partial charge < -0.3 is 15.3 Å². The molecule has 1 amide bonds. The maximum Gasteiger partial charge on any atom is 0.269 e. The van der Waals surface area contributed by atoms with Crippen LogP contribution >= 0.6 is 11.6 Å². The first-order valence-electron chi connectivity index (χ1n) is 8.76. The highest BCUT2D eigenvalue weighted by atomic mass is 35.5. The Balaban J connectivity index is 1.81. The number of H-pyrrole nitrogens is 2. The van der Waals surface area contributed by atoms with Gasteiger partial charge >= 0.3 is 0 Å². The molecule has 29 heavy (non-hydrogen) atoms. The third-order valence-corrected chi connectivity index (χ3v) is 6.52. The number of hydrogen-bond donors (Lipinski definition) is 3. The van der Waals surface area contributed by atoms with Crippen LogP contribution in [0.5, 0.6) is 0 Å². The minimum absolute atomic E-state index is 0.0469. The fourth-order valence-electron chi connectivity index (χ4n) is 3.11. The molecule has 0 bridgehead atoms. The third kappa shape index (κ3) is 3.64. The van der Waals surface area contributed by atoms with Crippen LogP contribution in [0.2, 0.25) is 5.02 Å². The molecule has 2 heterocycles. The Hall–Kier alpha value is -3.10. The quantitative estimate of drug-likeness (QED) is 0.451. The first-order chi connectivity index (χ1) is 13.9. The predicted octanol–water partition coefficient (Wildman–Crippen LogP) is 3.62. The van der Waals surface area contributed by atoms with Crippen LogP contribution in [0.15, 0.2) is 64.5 Å². The zero-order chi connectivity index (χ0) is 20.6. The molecule has 0 aliphatic carbocycles. The van der Waals surface area contributed by atoms with Crippen molar-refractivity contribution in [1.82, 2.24) is 20.3 Å². The maximum absolute atomic E-state index is 13.4. The number of aromatic nitrogens is 3. The van der Waals surface area contributed by atoms with E-state index >= 15 is 0 Å². The molecule has 0 fully saturated rings. The van der Waals surface area contributed by atoms with E-state index in [2.05, 4.69) is 20.3 Å². The van der Waals surface area contributed by atoms with Crippen molar-refractivity contribution in [3.63, 3.8) is 0 Å². The van der Waals surface area contributed by atoms with Crippen molar-refractivity contribution in [3.05, 3.63) is 77.0 Å². The molecule has 0 unspecified atom stereocenters. The molecule has 2 aromatic carbocycles. The number of rotatable bonds is 5. The Kier molecular flexibility index (Phi) is 4.89. The monoisotopic (exact) mass is 428 g/mol. The van der Waals surface area contributed by atoms with E-state index in [-0.39, 0.29) is 22.0 Å². The van der Waals surface area contributed by atoms with E-state index < -0.39 is 15.7 Å². The second kappa shape index (κ2) is 7.38. The number of fused-ring (bicyclic) bond motifs is 1. The van der Waals surface area contributed by atoms with Gasteiger partial charge in [-0.2, -0.15) is 0 Å². The average molecular weight is 429 g/mol. The third-order valence-electron chi connectivity index (χ3n) is 4.43. The molecule has 0 spiro atoms. The van der Waals surface area contributed by atoms with E-state index in [1.807, 2.05) is 6.92 Å². The second-order valence-corrected chi connectivity index (χ2v) is 8.85. The SMILES string of the molecule is Cc1cnc(CNC(=O)c2[nH]c3ccc(Cl)cc3c2S(=O)(=O)c2ccccc2)[nH]1. The normalized spacial score (nSPS) is 11.7. The van der Waals surface area contributed by atoms with E-state index in [1.54, 1.807) is 36.5 Å². The van der Waals surface area contributed by atoms with Crippen molar-refractivity contribution in [2.45, 2.75) is 23.3 Å². The highest BCUT2D eigenvalue weighted by Gasteiger charge is 2.29. The molecule has 7 nitrogen and oxygen atoms in total. The Morgan fingerprint density at radius 3 is 2.59 bits per heavy atom. The van der Waals surface area contributed by atoms with Gasteiger partial charge in [0.05, 0.1) is 11.4 Å². The largest absolute Gasteiger partial charge is 0.349 e. The summed E-state index contributed by atoms with van der Waals surface area (Å²) in [5, 5.41) is 3.44. The molecule has 148 valence electrons. The predicted molar refractivity (Wildman–Crippen MR) is 110 cm³/mol. The number of imidazole rings is 1. The minimum Gasteiger partial charge on any atom is -0.349 e. The van der Waals surface area contributed by atoms with Crippen LogP contribution in [0, 0.1) is 6.92 Å². The summed E-state index contributed by atoms with van der Waals surface area (Å²) in [5.74, 6) is 0.0170. The van der Waals surface area contributed by atoms with Crippen LogP contribution in [0.3, 0.4) is 0 Å². The summed E-state index contributed by atoms with van der Waals surface area (Å²) in [5.41, 5.74) is 1.32. The molecule has 2 aromatic heterocycles. The number of aryl methyl sites for hydroxylation is 1. The van der Waals surface area contributed by atoms with Gasteiger partial charge in [0.25, 0.3) is 5.91 Å². The van der Waals surface area contributed by atoms with Crippen LogP contribution in [0.25, 0.3) is 10.9 Å². The highest BCUT2D eigenvalue weighted by molar-refractivity contribution is 7.91. The van der Waals surface area contributed by atoms with Gasteiger partial charge in [-0.15, -0.1) is 0 Å². The second-order valence-electron chi connectivity index (χ2n) is 6.53. The summed E-state index contributed by atoms with van der Waals surface area (Å²) in [7, 11) is -3.97. The topological polar surface area (TPSA) is 108 Å². The zero-order valence-corrected chi connectivity index (χ0v) is 16.9. The van der Waals surface area contributed by atoms with Gasteiger partial charge in [-0.25, -0.2) is 13.4 Å². The lowest BCUT2D eigenvalue weighted by Crippen LogP contribution is -2.25. The van der Waals surface area contributed by atoms with Crippen LogP contribution in [0.1, 0.15) is 22.0 Å². The number of nitrogens with zero attached hydrogens (tertiary/aromatic N) is 1. The molecule has 0 saturated heterocycles. The molecule has 0 saturated carbocycles. The van der Waals surface area contributed by atoms with Gasteiger partial charge in [-0.05, 0) is 37.3 Å². The average Bonchev–Trinajstić information content (AvgIpc) is 3.30. The van der Waals surface area contributed by atoms with E-state index in [0.29, 0.717) is 21.7 Å². The molecule has 0 atom stereocenters. The summed E-state index contributed by atoms with van der Waals surface area (Å²) in [6, 6.07) is 12.8. The lowest BCUT2D eigenvalue weighted by molar-refractivity contribution is 0.0942. The van der Waals surface area contributed by atoms with E-state index in [0.717, 1.165) is 5.69 Å². The first kappa shape index (κ1) is 19.2. The van der Waals surface area contributed by atoms with Crippen molar-refractivity contribution in [1.29, 1.82) is 0 Å². The molecule has 0 aliphatic rings. The van der Waals surface area contributed by atoms with Crippen molar-refractivity contribution < 1.29 is 13.2 Å². The Morgan fingerprint density at radius 2 is 1.90 bits per heavy atom. The van der Waals surface area contributed by atoms with Crippen molar-refractivity contribution in [2.75, 3.05) is 0 Å². The Bertz CT molecular complexity index is 1310. The molecular weight excluding hydrogens is 412 g/mol. The molecule has 9 heteroatoms. The minimum atomic E-state index is -3.97. The molecule has 4 aromatic rings. The number of carbonyl (C=O) groups is 1. The fraction of sp³-hybridized carbons (Fsp3) is 0.100. The van der Waals surface area contributed by atoms with Crippen molar-refractivity contribution in [2.24, 2.45) is 0 Å². The molecular formula is C20H17ClN4O3S. The number of nitrogens with one attached hydrogen (secondary N) is 3. The number of carbonyl (C=O) groups excluding carboxylic acids is 1. The number of hydrogen-bond acceptors (Lipinski definition) is 4. The highest BCUT2D eigenvalue weighted by Crippen LogP contribution is 2.33. The standard InChI is InChI=1S/C20H17ClN4O3S/c1-12-10-22-17(24-12)11-23-20(26)18-19(15-9-13(21)7-8-16(15)25-18)29(27,28)14-5-3-2-4-6-14/h2-10,25H,11H2,1H3,(H,22,24)(H,23,26). The summed E-state index contributed by atoms with van der Waals surface area (Å²) in [4.78, 5) is 23.0. The lowest BCUT2D eigenvalue weighted by atomic mass is 10.2. The molecule has 0 aliphatic heterocycles. The van der Waals surface area contributed by atoms with Crippen LogP contribution in [-0.2, 0) is 16.4 Å². The zero-order valence-electron chi connectivity index (χ0n) is 15.4. The van der Waals surface area contributed by atoms with E-state index in [1.165, 1.54) is 18.2 Å². The Labute approximate surface area is 172 Å². The van der Waals surface area contributed by atoms with Gasteiger partial charge in [-0.1, -0.05) is 29.8 Å². The van der Waals surface area contributed by atoms with Gasteiger partial charge in [-0.3, -0.25) is 4.79 Å². The summed E-state index contributed by atoms with van der Waals surface area (Å²) in [6.07, 6.45) is 1.65. The molecule has 0 radical (unpaired) electrons. The number of aromatic amines is 2. The number of benzene rings is 2. The van der Waals surface area contributed by atoms with Gasteiger partial charge in [0, 0.05) is 27.8 Å². The molecule has 4 rings (SSSR count). The molecule has 3 N–H and O–H groups in total. The summed E-state index contributed by atoms with van der Waals surface area (Å²) < 4.78 is 26.7. The summed E-state index contributed by atoms with van der Waals surface area (Å²) in [6.45, 7) is 1.98. The fourth-order valence-corrected chi connectivity index (χ4v) is 4.90. The smallest absolute Gasteiger partial charge is 0.269 e. The van der Waals surface area contributed by atoms with Gasteiger partial charge in [0.2, 0.25) is 9.84 Å². The summed E-state index contributed by atoms with van der Waals surface area (Å²) >= 11 is 6.10. The van der Waals surface area contributed by atoms with Gasteiger partial charge in [0.1, 0.15) is 16.4 Å². The van der Waals surface area contributed by atoms with Crippen LogP contribution in [0.4, 0.5) is 0 Å². The Morgan fingerprint density at radius 1 is 1.14 bits per heavy atom. The van der Waals surface area contributed by atoms with Crippen molar-refractivity contribution in [3.8, 4) is 0 Å². The lowest BCUT2D eigenvalue weighted by Gasteiger charge is -2.08. The van der Waals surface area contributed by atoms with E-state index in [4.69, 9.17) is 11.6 Å².